The lowest BCUT2D eigenvalue weighted by Crippen LogP contribution is -2.49. The van der Waals surface area contributed by atoms with Gasteiger partial charge in [0.2, 0.25) is 5.91 Å². The van der Waals surface area contributed by atoms with Crippen molar-refractivity contribution in [3.63, 3.8) is 0 Å². The molecule has 0 rings (SSSR count). The van der Waals surface area contributed by atoms with Crippen molar-refractivity contribution in [3.8, 4) is 0 Å². The summed E-state index contributed by atoms with van der Waals surface area (Å²) in [4.78, 5) is 22.6. The first kappa shape index (κ1) is 24.2. The van der Waals surface area contributed by atoms with Crippen LogP contribution in [0.3, 0.4) is 0 Å². The summed E-state index contributed by atoms with van der Waals surface area (Å²) >= 11 is 4.09. The number of carbonyl (C=O) groups excluding carboxylic acids is 2. The number of rotatable bonds is 17. The van der Waals surface area contributed by atoms with E-state index < -0.39 is 6.04 Å². The summed E-state index contributed by atoms with van der Waals surface area (Å²) in [6, 6.07) is -0.607. The number of hydrazine groups is 1. The van der Waals surface area contributed by atoms with Gasteiger partial charge in [-0.25, -0.2) is 5.43 Å². The maximum atomic E-state index is 11.8. The third-order valence-electron chi connectivity index (χ3n) is 4.13. The zero-order chi connectivity index (χ0) is 18.8. The van der Waals surface area contributed by atoms with E-state index in [1.165, 1.54) is 71.1 Å². The molecule has 0 aromatic rings. The Morgan fingerprint density at radius 1 is 0.880 bits per heavy atom. The molecule has 1 amide bonds. The second kappa shape index (κ2) is 18.1. The zero-order valence-corrected chi connectivity index (χ0v) is 17.0. The average Bonchev–Trinajstić information content (AvgIpc) is 2.59. The van der Waals surface area contributed by atoms with E-state index >= 15 is 0 Å². The van der Waals surface area contributed by atoms with Crippen LogP contribution >= 0.6 is 12.6 Å². The molecule has 0 heterocycles. The zero-order valence-electron chi connectivity index (χ0n) is 16.1. The number of nitrogens with one attached hydrogen (secondary N) is 2. The first-order valence-electron chi connectivity index (χ1n) is 9.91. The van der Waals surface area contributed by atoms with Crippen molar-refractivity contribution in [2.45, 2.75) is 96.9 Å². The molecule has 0 saturated carbocycles. The third kappa shape index (κ3) is 16.5. The first-order valence-corrected chi connectivity index (χ1v) is 10.5. The summed E-state index contributed by atoms with van der Waals surface area (Å²) in [5.41, 5.74) is 5.00. The van der Waals surface area contributed by atoms with Crippen LogP contribution in [-0.4, -0.2) is 30.3 Å². The minimum atomic E-state index is -0.607. The van der Waals surface area contributed by atoms with Crippen molar-refractivity contribution >= 4 is 24.5 Å². The smallest absolute Gasteiger partial charge is 0.325 e. The van der Waals surface area contributed by atoms with Crippen molar-refractivity contribution in [2.75, 3.05) is 12.4 Å². The number of hydrogen-bond acceptors (Lipinski definition) is 5. The molecule has 0 aliphatic rings. The summed E-state index contributed by atoms with van der Waals surface area (Å²) in [6.07, 6.45) is 15.3. The van der Waals surface area contributed by atoms with Crippen LogP contribution < -0.4 is 10.9 Å². The molecule has 0 bridgehead atoms. The molecule has 0 aliphatic carbocycles. The fourth-order valence-electron chi connectivity index (χ4n) is 2.58. The van der Waals surface area contributed by atoms with Crippen LogP contribution in [0.25, 0.3) is 0 Å². The number of ether oxygens (including phenoxy) is 1. The highest BCUT2D eigenvalue weighted by molar-refractivity contribution is 7.80. The molecule has 0 saturated heterocycles. The topological polar surface area (TPSA) is 67.4 Å². The lowest BCUT2D eigenvalue weighted by molar-refractivity contribution is -0.146. The van der Waals surface area contributed by atoms with Gasteiger partial charge in [0.05, 0.1) is 6.61 Å². The number of thiol groups is 1. The van der Waals surface area contributed by atoms with Gasteiger partial charge in [-0.15, -0.1) is 0 Å². The summed E-state index contributed by atoms with van der Waals surface area (Å²) in [7, 11) is 0. The highest BCUT2D eigenvalue weighted by Gasteiger charge is 2.17. The molecule has 2 N–H and O–H groups in total. The number of amides is 1. The van der Waals surface area contributed by atoms with E-state index in [4.69, 9.17) is 4.74 Å². The van der Waals surface area contributed by atoms with E-state index in [1.807, 2.05) is 0 Å². The average molecular weight is 375 g/mol. The molecule has 5 nitrogen and oxygen atoms in total. The fourth-order valence-corrected chi connectivity index (χ4v) is 2.82. The fraction of sp³-hybridized carbons (Fsp3) is 0.895. The normalized spacial score (nSPS) is 12.0. The van der Waals surface area contributed by atoms with E-state index in [0.717, 1.165) is 12.8 Å². The minimum absolute atomic E-state index is 0.249. The second-order valence-electron chi connectivity index (χ2n) is 6.62. The molecule has 25 heavy (non-hydrogen) atoms. The summed E-state index contributed by atoms with van der Waals surface area (Å²) in [5.74, 6) is -0.343. The van der Waals surface area contributed by atoms with Crippen LogP contribution in [0.5, 0.6) is 0 Å². The standard InChI is InChI=1S/C19H38N2O3S/c1-3-4-5-6-7-8-9-10-11-12-13-14-15-24-19(23)18(16-25)21-20-17(2)22/h18,21,25H,3-16H2,1-2H3,(H,20,22)/t18-/m0/s1. The van der Waals surface area contributed by atoms with Gasteiger partial charge in [0.1, 0.15) is 6.04 Å². The maximum Gasteiger partial charge on any atom is 0.325 e. The molecule has 148 valence electrons. The van der Waals surface area contributed by atoms with E-state index in [2.05, 4.69) is 30.4 Å². The first-order chi connectivity index (χ1) is 12.1. The largest absolute Gasteiger partial charge is 0.464 e. The SMILES string of the molecule is CCCCCCCCCCCCCCOC(=O)[C@H](CS)NNC(C)=O. The molecule has 0 radical (unpaired) electrons. The lowest BCUT2D eigenvalue weighted by Gasteiger charge is -2.15. The van der Waals surface area contributed by atoms with E-state index in [0.29, 0.717) is 6.61 Å². The Bertz CT molecular complexity index is 341. The monoisotopic (exact) mass is 374 g/mol. The van der Waals surface area contributed by atoms with Gasteiger partial charge < -0.3 is 4.74 Å². The predicted octanol–water partition coefficient (Wildman–Crippen LogP) is 4.17. The molecule has 0 fully saturated rings. The summed E-state index contributed by atoms with van der Waals surface area (Å²) < 4.78 is 5.22. The second-order valence-corrected chi connectivity index (χ2v) is 6.98. The Morgan fingerprint density at radius 3 is 1.80 bits per heavy atom. The maximum absolute atomic E-state index is 11.8. The number of carbonyl (C=O) groups is 2. The van der Waals surface area contributed by atoms with Crippen molar-refractivity contribution in [2.24, 2.45) is 0 Å². The van der Waals surface area contributed by atoms with Gasteiger partial charge in [-0.1, -0.05) is 77.6 Å². The number of unbranched alkanes of at least 4 members (excludes halogenated alkanes) is 11. The molecule has 0 aliphatic heterocycles. The lowest BCUT2D eigenvalue weighted by atomic mass is 10.1. The number of esters is 1. The Kier molecular flexibility index (Phi) is 17.5. The van der Waals surface area contributed by atoms with Gasteiger partial charge in [-0.2, -0.15) is 12.6 Å². The Balaban J connectivity index is 3.39. The van der Waals surface area contributed by atoms with Crippen LogP contribution in [0.1, 0.15) is 90.9 Å². The highest BCUT2D eigenvalue weighted by Crippen LogP contribution is 2.11. The molecule has 0 aromatic heterocycles. The van der Waals surface area contributed by atoms with Crippen molar-refractivity contribution in [1.82, 2.24) is 10.9 Å². The summed E-state index contributed by atoms with van der Waals surface area (Å²) in [5, 5.41) is 0. The molecular formula is C19H38N2O3S. The van der Waals surface area contributed by atoms with Gasteiger partial charge in [0.25, 0.3) is 0 Å². The van der Waals surface area contributed by atoms with Crippen molar-refractivity contribution in [1.29, 1.82) is 0 Å². The van der Waals surface area contributed by atoms with Gasteiger partial charge in [0, 0.05) is 12.7 Å². The van der Waals surface area contributed by atoms with Gasteiger partial charge in [-0.3, -0.25) is 15.0 Å². The van der Waals surface area contributed by atoms with Crippen molar-refractivity contribution < 1.29 is 14.3 Å². The molecule has 0 unspecified atom stereocenters. The van der Waals surface area contributed by atoms with Crippen molar-refractivity contribution in [3.05, 3.63) is 0 Å². The van der Waals surface area contributed by atoms with Crippen LogP contribution in [0, 0.1) is 0 Å². The predicted molar refractivity (Wildman–Crippen MR) is 107 cm³/mol. The molecular weight excluding hydrogens is 336 g/mol. The molecule has 1 atom stereocenters. The van der Waals surface area contributed by atoms with Crippen LogP contribution in [-0.2, 0) is 14.3 Å². The van der Waals surface area contributed by atoms with Crippen LogP contribution in [0.2, 0.25) is 0 Å². The van der Waals surface area contributed by atoms with Gasteiger partial charge >= 0.3 is 5.97 Å². The van der Waals surface area contributed by atoms with E-state index in [-0.39, 0.29) is 17.6 Å². The van der Waals surface area contributed by atoms with Crippen LogP contribution in [0.15, 0.2) is 0 Å². The van der Waals surface area contributed by atoms with Crippen LogP contribution in [0.4, 0.5) is 0 Å². The Hall–Kier alpha value is -0.750. The number of hydrogen-bond donors (Lipinski definition) is 3. The third-order valence-corrected chi connectivity index (χ3v) is 4.50. The summed E-state index contributed by atoms with van der Waals surface area (Å²) in [6.45, 7) is 4.06. The van der Waals surface area contributed by atoms with E-state index in [9.17, 15) is 9.59 Å². The highest BCUT2D eigenvalue weighted by atomic mass is 32.1. The minimum Gasteiger partial charge on any atom is -0.464 e. The van der Waals surface area contributed by atoms with E-state index in [1.54, 1.807) is 0 Å². The molecule has 0 aromatic carbocycles. The Morgan fingerprint density at radius 2 is 1.36 bits per heavy atom. The molecule has 0 spiro atoms. The quantitative estimate of drug-likeness (QED) is 0.155. The van der Waals surface area contributed by atoms with Gasteiger partial charge in [0.15, 0.2) is 0 Å². The Labute approximate surface area is 159 Å². The van der Waals surface area contributed by atoms with Gasteiger partial charge in [-0.05, 0) is 6.42 Å². The molecule has 6 heteroatoms.